The number of aromatic nitrogens is 1. The first-order chi connectivity index (χ1) is 9.94. The van der Waals surface area contributed by atoms with Gasteiger partial charge in [0.05, 0.1) is 0 Å². The fourth-order valence-electron chi connectivity index (χ4n) is 1.93. The van der Waals surface area contributed by atoms with E-state index in [4.69, 9.17) is 4.74 Å². The highest BCUT2D eigenvalue weighted by atomic mass is 16.5. The molecule has 1 N–H and O–H groups in total. The average Bonchev–Trinajstić information content (AvgIpc) is 2.44. The van der Waals surface area contributed by atoms with Crippen LogP contribution in [0.5, 0.6) is 5.88 Å². The molecule has 0 fully saturated rings. The first-order valence-corrected chi connectivity index (χ1v) is 7.32. The van der Waals surface area contributed by atoms with Crippen LogP contribution in [0.1, 0.15) is 37.6 Å². The van der Waals surface area contributed by atoms with Crippen LogP contribution in [0, 0.1) is 6.92 Å². The molecule has 1 heterocycles. The van der Waals surface area contributed by atoms with Gasteiger partial charge in [0, 0.05) is 23.8 Å². The van der Waals surface area contributed by atoms with Crippen molar-refractivity contribution in [3.63, 3.8) is 0 Å². The number of nitrogens with one attached hydrogen (secondary N) is 1. The Kier molecular flexibility index (Phi) is 4.97. The van der Waals surface area contributed by atoms with Crippen molar-refractivity contribution in [2.75, 3.05) is 0 Å². The van der Waals surface area contributed by atoms with Crippen LogP contribution in [0.3, 0.4) is 0 Å². The molecule has 0 aliphatic heterocycles. The number of aryl methyl sites for hydroxylation is 1. The second-order valence-electron chi connectivity index (χ2n) is 6.27. The molecule has 2 aromatic rings. The number of nitrogens with zero attached hydrogens (tertiary/aromatic N) is 1. The summed E-state index contributed by atoms with van der Waals surface area (Å²) in [5.41, 5.74) is 3.47. The molecule has 1 aromatic heterocycles. The molecule has 3 nitrogen and oxygen atoms in total. The molecule has 0 aliphatic carbocycles. The Hall–Kier alpha value is -1.87. The van der Waals surface area contributed by atoms with Crippen LogP contribution in [0.25, 0.3) is 0 Å². The van der Waals surface area contributed by atoms with Crippen molar-refractivity contribution in [1.29, 1.82) is 0 Å². The summed E-state index contributed by atoms with van der Waals surface area (Å²) in [5, 5.41) is 3.48. The van der Waals surface area contributed by atoms with E-state index in [1.807, 2.05) is 31.2 Å². The molecule has 0 spiro atoms. The monoisotopic (exact) mass is 284 g/mol. The van der Waals surface area contributed by atoms with E-state index in [1.54, 1.807) is 0 Å². The molecular weight excluding hydrogens is 260 g/mol. The summed E-state index contributed by atoms with van der Waals surface area (Å²) >= 11 is 0. The maximum absolute atomic E-state index is 5.74. The van der Waals surface area contributed by atoms with E-state index in [0.29, 0.717) is 12.5 Å². The zero-order valence-electron chi connectivity index (χ0n) is 13.3. The summed E-state index contributed by atoms with van der Waals surface area (Å²) in [4.78, 5) is 4.53. The predicted molar refractivity (Wildman–Crippen MR) is 86.3 cm³/mol. The highest BCUT2D eigenvalue weighted by Gasteiger charge is 2.10. The zero-order chi connectivity index (χ0) is 15.3. The van der Waals surface area contributed by atoms with Crippen LogP contribution in [0.4, 0.5) is 0 Å². The normalized spacial score (nSPS) is 11.4. The molecular formula is C18H24N2O. The van der Waals surface area contributed by atoms with E-state index >= 15 is 0 Å². The molecule has 0 aliphatic rings. The molecule has 21 heavy (non-hydrogen) atoms. The smallest absolute Gasteiger partial charge is 0.213 e. The van der Waals surface area contributed by atoms with E-state index in [1.165, 1.54) is 5.56 Å². The van der Waals surface area contributed by atoms with Gasteiger partial charge in [-0.1, -0.05) is 36.4 Å². The van der Waals surface area contributed by atoms with E-state index < -0.39 is 0 Å². The molecule has 0 amide bonds. The lowest BCUT2D eigenvalue weighted by atomic mass is 10.1. The maximum atomic E-state index is 5.74. The minimum Gasteiger partial charge on any atom is -0.473 e. The Morgan fingerprint density at radius 2 is 1.76 bits per heavy atom. The Morgan fingerprint density at radius 1 is 1.05 bits per heavy atom. The summed E-state index contributed by atoms with van der Waals surface area (Å²) < 4.78 is 5.74. The van der Waals surface area contributed by atoms with Gasteiger partial charge in [-0.3, -0.25) is 0 Å². The second-order valence-corrected chi connectivity index (χ2v) is 6.27. The van der Waals surface area contributed by atoms with Crippen molar-refractivity contribution in [3.05, 3.63) is 59.3 Å². The van der Waals surface area contributed by atoms with Crippen molar-refractivity contribution >= 4 is 0 Å². The van der Waals surface area contributed by atoms with Gasteiger partial charge in [0.2, 0.25) is 5.88 Å². The van der Waals surface area contributed by atoms with Gasteiger partial charge in [-0.25, -0.2) is 4.98 Å². The topological polar surface area (TPSA) is 34.1 Å². The van der Waals surface area contributed by atoms with Gasteiger partial charge in [-0.05, 0) is 38.8 Å². The van der Waals surface area contributed by atoms with Crippen molar-refractivity contribution < 1.29 is 4.74 Å². The van der Waals surface area contributed by atoms with Gasteiger partial charge >= 0.3 is 0 Å². The lowest BCUT2D eigenvalue weighted by molar-refractivity contribution is 0.293. The van der Waals surface area contributed by atoms with Gasteiger partial charge in [0.15, 0.2) is 0 Å². The van der Waals surface area contributed by atoms with Gasteiger partial charge in [-0.2, -0.15) is 0 Å². The van der Waals surface area contributed by atoms with Gasteiger partial charge < -0.3 is 10.1 Å². The number of pyridine rings is 1. The van der Waals surface area contributed by atoms with E-state index in [2.05, 4.69) is 49.3 Å². The predicted octanol–water partition coefficient (Wildman–Crippen LogP) is 3.86. The molecule has 0 bridgehead atoms. The van der Waals surface area contributed by atoms with Gasteiger partial charge in [-0.15, -0.1) is 0 Å². The average molecular weight is 284 g/mol. The SMILES string of the molecule is Cc1nc(OCc2ccccc2)ccc1CNC(C)(C)C. The van der Waals surface area contributed by atoms with Crippen LogP contribution >= 0.6 is 0 Å². The van der Waals surface area contributed by atoms with E-state index in [-0.39, 0.29) is 5.54 Å². The first kappa shape index (κ1) is 15.5. The quantitative estimate of drug-likeness (QED) is 0.905. The molecule has 3 heteroatoms. The van der Waals surface area contributed by atoms with Crippen molar-refractivity contribution in [2.45, 2.75) is 46.4 Å². The minimum atomic E-state index is 0.106. The third-order valence-electron chi connectivity index (χ3n) is 3.21. The summed E-state index contributed by atoms with van der Waals surface area (Å²) in [5.74, 6) is 0.677. The molecule has 0 atom stereocenters. The number of rotatable bonds is 5. The van der Waals surface area contributed by atoms with Gasteiger partial charge in [0.25, 0.3) is 0 Å². The number of hydrogen-bond donors (Lipinski definition) is 1. The summed E-state index contributed by atoms with van der Waals surface area (Å²) in [7, 11) is 0. The van der Waals surface area contributed by atoms with Crippen LogP contribution in [0.2, 0.25) is 0 Å². The molecule has 1 aromatic carbocycles. The number of hydrogen-bond acceptors (Lipinski definition) is 3. The molecule has 0 unspecified atom stereocenters. The lowest BCUT2D eigenvalue weighted by Gasteiger charge is -2.21. The molecule has 0 radical (unpaired) electrons. The third-order valence-corrected chi connectivity index (χ3v) is 3.21. The van der Waals surface area contributed by atoms with E-state index in [9.17, 15) is 0 Å². The van der Waals surface area contributed by atoms with Gasteiger partial charge in [0.1, 0.15) is 6.61 Å². The molecule has 2 rings (SSSR count). The summed E-state index contributed by atoms with van der Waals surface area (Å²) in [6.45, 7) is 9.87. The van der Waals surface area contributed by atoms with Crippen LogP contribution < -0.4 is 10.1 Å². The highest BCUT2D eigenvalue weighted by Crippen LogP contribution is 2.15. The Morgan fingerprint density at radius 3 is 2.38 bits per heavy atom. The lowest BCUT2D eigenvalue weighted by Crippen LogP contribution is -2.35. The summed E-state index contributed by atoms with van der Waals surface area (Å²) in [6.07, 6.45) is 0. The number of ether oxygens (including phenoxy) is 1. The summed E-state index contributed by atoms with van der Waals surface area (Å²) in [6, 6.07) is 14.2. The molecule has 0 saturated heterocycles. The molecule has 112 valence electrons. The highest BCUT2D eigenvalue weighted by molar-refractivity contribution is 5.25. The third kappa shape index (κ3) is 5.20. The van der Waals surface area contributed by atoms with Crippen molar-refractivity contribution in [3.8, 4) is 5.88 Å². The maximum Gasteiger partial charge on any atom is 0.213 e. The molecule has 0 saturated carbocycles. The fourth-order valence-corrected chi connectivity index (χ4v) is 1.93. The van der Waals surface area contributed by atoms with Crippen LogP contribution in [-0.4, -0.2) is 10.5 Å². The van der Waals surface area contributed by atoms with Crippen molar-refractivity contribution in [2.24, 2.45) is 0 Å². The standard InChI is InChI=1S/C18H24N2O/c1-14-16(12-19-18(2,3)4)10-11-17(20-14)21-13-15-8-6-5-7-9-15/h5-11,19H,12-13H2,1-4H3. The number of benzene rings is 1. The Labute approximate surface area is 127 Å². The Bertz CT molecular complexity index is 574. The van der Waals surface area contributed by atoms with E-state index in [0.717, 1.165) is 17.8 Å². The van der Waals surface area contributed by atoms with Crippen LogP contribution in [-0.2, 0) is 13.2 Å². The minimum absolute atomic E-state index is 0.106. The second kappa shape index (κ2) is 6.72. The van der Waals surface area contributed by atoms with Crippen molar-refractivity contribution in [1.82, 2.24) is 10.3 Å². The van der Waals surface area contributed by atoms with Crippen LogP contribution in [0.15, 0.2) is 42.5 Å². The first-order valence-electron chi connectivity index (χ1n) is 7.32. The largest absolute Gasteiger partial charge is 0.473 e. The zero-order valence-corrected chi connectivity index (χ0v) is 13.3. The Balaban J connectivity index is 1.95. The fraction of sp³-hybridized carbons (Fsp3) is 0.389.